The van der Waals surface area contributed by atoms with Crippen LogP contribution in [0.3, 0.4) is 0 Å². The molecule has 0 radical (unpaired) electrons. The summed E-state index contributed by atoms with van der Waals surface area (Å²) >= 11 is 0. The van der Waals surface area contributed by atoms with E-state index in [0.29, 0.717) is 42.8 Å². The van der Waals surface area contributed by atoms with E-state index in [2.05, 4.69) is 4.98 Å². The Balaban J connectivity index is 1.65. The van der Waals surface area contributed by atoms with Gasteiger partial charge in [0.15, 0.2) is 11.5 Å². The molecule has 0 unspecified atom stereocenters. The van der Waals surface area contributed by atoms with Gasteiger partial charge in [0.05, 0.1) is 18.9 Å². The molecule has 1 aliphatic heterocycles. The van der Waals surface area contributed by atoms with Crippen LogP contribution in [-0.4, -0.2) is 48.9 Å². The summed E-state index contributed by atoms with van der Waals surface area (Å²) in [4.78, 5) is 16.3. The molecule has 0 bridgehead atoms. The van der Waals surface area contributed by atoms with Gasteiger partial charge in [-0.15, -0.1) is 0 Å². The van der Waals surface area contributed by atoms with Crippen molar-refractivity contribution in [2.45, 2.75) is 31.5 Å². The number of piperidine rings is 1. The molecular formula is C18H21F3N2O3. The average Bonchev–Trinajstić information content (AvgIpc) is 2.60. The molecule has 0 spiro atoms. The highest BCUT2D eigenvalue weighted by atomic mass is 19.4. The summed E-state index contributed by atoms with van der Waals surface area (Å²) in [5.74, 6) is 1.01. The number of H-pyrrole nitrogens is 1. The molecule has 1 saturated heterocycles. The third-order valence-electron chi connectivity index (χ3n) is 4.60. The molecule has 1 aliphatic rings. The Morgan fingerprint density at radius 2 is 1.96 bits per heavy atom. The van der Waals surface area contributed by atoms with Gasteiger partial charge in [-0.2, -0.15) is 13.2 Å². The number of ether oxygens (including phenoxy) is 2. The molecule has 0 aliphatic carbocycles. The van der Waals surface area contributed by atoms with Crippen LogP contribution < -0.4 is 15.0 Å². The maximum Gasteiger partial charge on any atom is 0.390 e. The smallest absolute Gasteiger partial charge is 0.390 e. The minimum Gasteiger partial charge on any atom is -0.493 e. The Bertz CT molecular complexity index is 811. The van der Waals surface area contributed by atoms with Crippen LogP contribution in [0.4, 0.5) is 13.2 Å². The lowest BCUT2D eigenvalue weighted by Crippen LogP contribution is -2.39. The predicted octanol–water partition coefficient (Wildman–Crippen LogP) is 3.33. The van der Waals surface area contributed by atoms with Crippen molar-refractivity contribution in [3.05, 3.63) is 34.7 Å². The molecule has 3 rings (SSSR count). The summed E-state index contributed by atoms with van der Waals surface area (Å²) in [6.07, 6.45) is -2.14. The highest BCUT2D eigenvalue weighted by molar-refractivity contribution is 5.85. The van der Waals surface area contributed by atoms with Crippen LogP contribution in [0.25, 0.3) is 10.8 Å². The van der Waals surface area contributed by atoms with Gasteiger partial charge >= 0.3 is 6.18 Å². The Morgan fingerprint density at radius 3 is 2.62 bits per heavy atom. The summed E-state index contributed by atoms with van der Waals surface area (Å²) in [6, 6.07) is 5.18. The number of pyridine rings is 1. The Morgan fingerprint density at radius 1 is 1.23 bits per heavy atom. The molecule has 1 fully saturated rings. The minimum absolute atomic E-state index is 0.0261. The monoisotopic (exact) mass is 370 g/mol. The number of aromatic nitrogens is 1. The number of halogens is 3. The van der Waals surface area contributed by atoms with Crippen LogP contribution >= 0.6 is 0 Å². The van der Waals surface area contributed by atoms with E-state index in [1.807, 2.05) is 4.90 Å². The van der Waals surface area contributed by atoms with Crippen molar-refractivity contribution in [2.24, 2.45) is 0 Å². The van der Waals surface area contributed by atoms with E-state index in [0.717, 1.165) is 5.39 Å². The van der Waals surface area contributed by atoms with Gasteiger partial charge in [-0.05, 0) is 36.4 Å². The number of likely N-dealkylation sites (tertiary alicyclic amines) is 1. The third-order valence-corrected chi connectivity index (χ3v) is 4.60. The lowest BCUT2D eigenvalue weighted by Gasteiger charge is -2.32. The number of hydrogen-bond acceptors (Lipinski definition) is 4. The van der Waals surface area contributed by atoms with E-state index in [1.165, 1.54) is 7.11 Å². The van der Waals surface area contributed by atoms with E-state index >= 15 is 0 Å². The van der Waals surface area contributed by atoms with Crippen molar-refractivity contribution >= 4 is 10.8 Å². The molecule has 142 valence electrons. The predicted molar refractivity (Wildman–Crippen MR) is 91.9 cm³/mol. The molecular weight excluding hydrogens is 349 g/mol. The van der Waals surface area contributed by atoms with Crippen LogP contribution in [-0.2, 0) is 0 Å². The fourth-order valence-electron chi connectivity index (χ4n) is 3.16. The zero-order valence-electron chi connectivity index (χ0n) is 14.4. The quantitative estimate of drug-likeness (QED) is 0.877. The number of benzene rings is 1. The van der Waals surface area contributed by atoms with Gasteiger partial charge in [0.2, 0.25) is 0 Å². The second kappa shape index (κ2) is 7.57. The summed E-state index contributed by atoms with van der Waals surface area (Å²) in [5, 5.41) is 1.26. The first-order valence-electron chi connectivity index (χ1n) is 8.51. The second-order valence-corrected chi connectivity index (χ2v) is 6.42. The molecule has 0 saturated carbocycles. The van der Waals surface area contributed by atoms with Crippen LogP contribution in [0.5, 0.6) is 11.5 Å². The van der Waals surface area contributed by atoms with E-state index in [4.69, 9.17) is 9.47 Å². The molecule has 5 nitrogen and oxygen atoms in total. The Hall–Kier alpha value is -2.22. The van der Waals surface area contributed by atoms with Gasteiger partial charge in [0, 0.05) is 25.8 Å². The highest BCUT2D eigenvalue weighted by Crippen LogP contribution is 2.33. The molecule has 0 amide bonds. The minimum atomic E-state index is -4.12. The number of alkyl halides is 3. The lowest BCUT2D eigenvalue weighted by molar-refractivity contribution is -0.138. The molecule has 1 N–H and O–H groups in total. The maximum absolute atomic E-state index is 12.3. The largest absolute Gasteiger partial charge is 0.493 e. The van der Waals surface area contributed by atoms with Crippen LogP contribution in [0.2, 0.25) is 0 Å². The topological polar surface area (TPSA) is 54.6 Å². The van der Waals surface area contributed by atoms with Gasteiger partial charge in [-0.1, -0.05) is 0 Å². The normalized spacial score (nSPS) is 16.8. The Kier molecular flexibility index (Phi) is 5.41. The van der Waals surface area contributed by atoms with Gasteiger partial charge in [0.25, 0.3) is 5.56 Å². The number of nitrogens with zero attached hydrogens (tertiary/aromatic N) is 1. The van der Waals surface area contributed by atoms with E-state index in [9.17, 15) is 18.0 Å². The molecule has 1 aromatic carbocycles. The van der Waals surface area contributed by atoms with Crippen LogP contribution in [0, 0.1) is 0 Å². The van der Waals surface area contributed by atoms with Crippen molar-refractivity contribution in [3.8, 4) is 11.5 Å². The zero-order valence-corrected chi connectivity index (χ0v) is 14.4. The van der Waals surface area contributed by atoms with Crippen LogP contribution in [0.1, 0.15) is 19.3 Å². The summed E-state index contributed by atoms with van der Waals surface area (Å²) < 4.78 is 48.3. The summed E-state index contributed by atoms with van der Waals surface area (Å²) in [7, 11) is 1.50. The fourth-order valence-corrected chi connectivity index (χ4v) is 3.16. The Labute approximate surface area is 148 Å². The third kappa shape index (κ3) is 4.49. The van der Waals surface area contributed by atoms with Gasteiger partial charge in [-0.3, -0.25) is 4.79 Å². The van der Waals surface area contributed by atoms with Crippen molar-refractivity contribution in [2.75, 3.05) is 26.7 Å². The first-order chi connectivity index (χ1) is 12.4. The molecule has 0 atom stereocenters. The van der Waals surface area contributed by atoms with Gasteiger partial charge < -0.3 is 19.4 Å². The highest BCUT2D eigenvalue weighted by Gasteiger charge is 2.29. The number of methoxy groups -OCH3 is 1. The average molecular weight is 370 g/mol. The number of hydrogen-bond donors (Lipinski definition) is 1. The number of rotatable bonds is 5. The number of fused-ring (bicyclic) bond motifs is 1. The number of nitrogens with one attached hydrogen (secondary N) is 1. The number of aromatic amines is 1. The molecule has 26 heavy (non-hydrogen) atoms. The van der Waals surface area contributed by atoms with Crippen molar-refractivity contribution < 1.29 is 22.6 Å². The van der Waals surface area contributed by atoms with E-state index in [-0.39, 0.29) is 18.2 Å². The van der Waals surface area contributed by atoms with Crippen molar-refractivity contribution in [1.29, 1.82) is 0 Å². The standard InChI is InChI=1S/C18H21F3N2O3/c1-25-15-11-14-12(2-6-22-17(14)24)10-16(15)26-13-3-7-23(8-4-13)9-5-18(19,20)21/h2,6,10-11,13H,3-5,7-9H2,1H3,(H,22,24). The van der Waals surface area contributed by atoms with E-state index in [1.54, 1.807) is 24.4 Å². The van der Waals surface area contributed by atoms with Crippen molar-refractivity contribution in [3.63, 3.8) is 0 Å². The lowest BCUT2D eigenvalue weighted by atomic mass is 10.1. The second-order valence-electron chi connectivity index (χ2n) is 6.42. The zero-order chi connectivity index (χ0) is 18.7. The van der Waals surface area contributed by atoms with Crippen molar-refractivity contribution in [1.82, 2.24) is 9.88 Å². The summed E-state index contributed by atoms with van der Waals surface area (Å²) in [6.45, 7) is 1.16. The van der Waals surface area contributed by atoms with E-state index < -0.39 is 12.6 Å². The first-order valence-corrected chi connectivity index (χ1v) is 8.51. The van der Waals surface area contributed by atoms with Gasteiger partial charge in [-0.25, -0.2) is 0 Å². The fraction of sp³-hybridized carbons (Fsp3) is 0.500. The molecule has 1 aromatic heterocycles. The van der Waals surface area contributed by atoms with Gasteiger partial charge in [0.1, 0.15) is 6.10 Å². The van der Waals surface area contributed by atoms with Crippen LogP contribution in [0.15, 0.2) is 29.2 Å². The first kappa shape index (κ1) is 18.6. The maximum atomic E-state index is 12.3. The molecule has 2 heterocycles. The molecule has 2 aromatic rings. The summed E-state index contributed by atoms with van der Waals surface area (Å²) in [5.41, 5.74) is -0.203. The SMILES string of the molecule is COc1cc2c(=O)[nH]ccc2cc1OC1CCN(CCC(F)(F)F)CC1. The molecule has 8 heteroatoms.